The molecule has 2 rings (SSSR count). The molecule has 1 amide bonds. The summed E-state index contributed by atoms with van der Waals surface area (Å²) in [6.07, 6.45) is 5.01. The molecule has 1 unspecified atom stereocenters. The van der Waals surface area contributed by atoms with Crippen LogP contribution in [0.3, 0.4) is 0 Å². The number of benzene rings is 1. The van der Waals surface area contributed by atoms with E-state index < -0.39 is 0 Å². The Morgan fingerprint density at radius 3 is 2.60 bits per heavy atom. The van der Waals surface area contributed by atoms with Crippen LogP contribution in [-0.4, -0.2) is 25.5 Å². The van der Waals surface area contributed by atoms with Gasteiger partial charge in [0.05, 0.1) is 0 Å². The highest BCUT2D eigenvalue weighted by molar-refractivity contribution is 5.85. The Kier molecular flexibility index (Phi) is 7.63. The highest BCUT2D eigenvalue weighted by atomic mass is 35.5. The highest BCUT2D eigenvalue weighted by Gasteiger charge is 2.32. The molecule has 0 radical (unpaired) electrons. The number of amides is 1. The van der Waals surface area contributed by atoms with Crippen molar-refractivity contribution < 1.29 is 4.79 Å². The van der Waals surface area contributed by atoms with Gasteiger partial charge in [0.25, 0.3) is 0 Å². The molecular weight excluding hydrogens is 272 g/mol. The van der Waals surface area contributed by atoms with Gasteiger partial charge >= 0.3 is 0 Å². The summed E-state index contributed by atoms with van der Waals surface area (Å²) >= 11 is 0. The largest absolute Gasteiger partial charge is 0.353 e. The summed E-state index contributed by atoms with van der Waals surface area (Å²) in [5.74, 6) is 0.886. The molecule has 1 aromatic rings. The van der Waals surface area contributed by atoms with Crippen molar-refractivity contribution in [3.8, 4) is 0 Å². The van der Waals surface area contributed by atoms with Crippen LogP contribution in [0.2, 0.25) is 0 Å². The lowest BCUT2D eigenvalue weighted by Gasteiger charge is -2.18. The Balaban J connectivity index is 0.00000200. The zero-order chi connectivity index (χ0) is 13.5. The van der Waals surface area contributed by atoms with Gasteiger partial charge in [-0.1, -0.05) is 30.3 Å². The predicted octanol–water partition coefficient (Wildman–Crippen LogP) is 2.55. The first-order valence-electron chi connectivity index (χ1n) is 7.27. The predicted molar refractivity (Wildman–Crippen MR) is 85.2 cm³/mol. The van der Waals surface area contributed by atoms with Gasteiger partial charge in [0.2, 0.25) is 5.91 Å². The number of carbonyl (C=O) groups excluding carboxylic acids is 1. The first-order valence-corrected chi connectivity index (χ1v) is 7.27. The quantitative estimate of drug-likeness (QED) is 0.724. The van der Waals surface area contributed by atoms with Gasteiger partial charge in [-0.2, -0.15) is 0 Å². The van der Waals surface area contributed by atoms with Crippen LogP contribution in [0.25, 0.3) is 0 Å². The normalized spacial score (nSPS) is 15.2. The van der Waals surface area contributed by atoms with E-state index in [1.165, 1.54) is 18.4 Å². The molecule has 0 spiro atoms. The van der Waals surface area contributed by atoms with Gasteiger partial charge in [-0.05, 0) is 50.8 Å². The molecule has 1 fully saturated rings. The van der Waals surface area contributed by atoms with E-state index in [2.05, 4.69) is 34.9 Å². The topological polar surface area (TPSA) is 41.1 Å². The Bertz CT molecular complexity index is 393. The van der Waals surface area contributed by atoms with Crippen molar-refractivity contribution in [2.45, 2.75) is 38.1 Å². The highest BCUT2D eigenvalue weighted by Crippen LogP contribution is 2.34. The zero-order valence-corrected chi connectivity index (χ0v) is 12.9. The Morgan fingerprint density at radius 1 is 1.30 bits per heavy atom. The minimum atomic E-state index is 0. The zero-order valence-electron chi connectivity index (χ0n) is 12.1. The van der Waals surface area contributed by atoms with Crippen LogP contribution in [0, 0.1) is 5.92 Å². The van der Waals surface area contributed by atoms with Crippen molar-refractivity contribution in [2.75, 3.05) is 13.6 Å². The molecule has 4 heteroatoms. The molecule has 0 bridgehead atoms. The van der Waals surface area contributed by atoms with E-state index in [-0.39, 0.29) is 18.3 Å². The molecule has 1 aliphatic rings. The lowest BCUT2D eigenvalue weighted by molar-refractivity contribution is -0.122. The maximum absolute atomic E-state index is 11.9. The molecule has 1 saturated carbocycles. The fraction of sp³-hybridized carbons (Fsp3) is 0.562. The van der Waals surface area contributed by atoms with Crippen LogP contribution in [0.5, 0.6) is 0 Å². The second-order valence-corrected chi connectivity index (χ2v) is 5.41. The lowest BCUT2D eigenvalue weighted by Crippen LogP contribution is -2.38. The molecule has 1 aromatic carbocycles. The van der Waals surface area contributed by atoms with Crippen molar-refractivity contribution in [1.82, 2.24) is 10.6 Å². The molecule has 0 heterocycles. The molecule has 1 aliphatic carbocycles. The SMILES string of the molecule is CNCCCC(=O)NC(Cc1ccccc1)C1CC1.Cl. The molecule has 20 heavy (non-hydrogen) atoms. The van der Waals surface area contributed by atoms with Crippen molar-refractivity contribution in [1.29, 1.82) is 0 Å². The van der Waals surface area contributed by atoms with Gasteiger partial charge in [-0.25, -0.2) is 0 Å². The molecule has 2 N–H and O–H groups in total. The molecule has 112 valence electrons. The van der Waals surface area contributed by atoms with Crippen molar-refractivity contribution in [2.24, 2.45) is 5.92 Å². The number of hydrogen-bond donors (Lipinski definition) is 2. The van der Waals surface area contributed by atoms with Crippen LogP contribution in [0.15, 0.2) is 30.3 Å². The van der Waals surface area contributed by atoms with E-state index in [0.29, 0.717) is 18.4 Å². The van der Waals surface area contributed by atoms with E-state index in [1.807, 2.05) is 13.1 Å². The molecular formula is C16H25ClN2O. The maximum atomic E-state index is 11.9. The smallest absolute Gasteiger partial charge is 0.220 e. The van der Waals surface area contributed by atoms with E-state index in [9.17, 15) is 4.79 Å². The van der Waals surface area contributed by atoms with Gasteiger partial charge in [0.15, 0.2) is 0 Å². The van der Waals surface area contributed by atoms with Crippen LogP contribution in [0.1, 0.15) is 31.2 Å². The second-order valence-electron chi connectivity index (χ2n) is 5.41. The minimum Gasteiger partial charge on any atom is -0.353 e. The van der Waals surface area contributed by atoms with Crippen molar-refractivity contribution in [3.05, 3.63) is 35.9 Å². The Morgan fingerprint density at radius 2 is 2.00 bits per heavy atom. The van der Waals surface area contributed by atoms with E-state index >= 15 is 0 Å². The Labute approximate surface area is 127 Å². The average Bonchev–Trinajstić information content (AvgIpc) is 3.24. The van der Waals surface area contributed by atoms with Crippen LogP contribution in [0.4, 0.5) is 0 Å². The van der Waals surface area contributed by atoms with Gasteiger partial charge in [-0.3, -0.25) is 4.79 Å². The summed E-state index contributed by atoms with van der Waals surface area (Å²) in [4.78, 5) is 11.9. The van der Waals surface area contributed by atoms with Crippen molar-refractivity contribution >= 4 is 18.3 Å². The monoisotopic (exact) mass is 296 g/mol. The van der Waals surface area contributed by atoms with Gasteiger partial charge in [0.1, 0.15) is 0 Å². The maximum Gasteiger partial charge on any atom is 0.220 e. The van der Waals surface area contributed by atoms with Crippen LogP contribution >= 0.6 is 12.4 Å². The van der Waals surface area contributed by atoms with Gasteiger partial charge in [-0.15, -0.1) is 12.4 Å². The van der Waals surface area contributed by atoms with Gasteiger partial charge in [0, 0.05) is 12.5 Å². The summed E-state index contributed by atoms with van der Waals surface area (Å²) in [5.41, 5.74) is 1.31. The van der Waals surface area contributed by atoms with Gasteiger partial charge < -0.3 is 10.6 Å². The number of nitrogens with one attached hydrogen (secondary N) is 2. The fourth-order valence-electron chi connectivity index (χ4n) is 2.41. The first-order chi connectivity index (χ1) is 9.29. The third-order valence-corrected chi connectivity index (χ3v) is 3.67. The number of hydrogen-bond acceptors (Lipinski definition) is 2. The summed E-state index contributed by atoms with van der Waals surface area (Å²) in [6.45, 7) is 0.903. The summed E-state index contributed by atoms with van der Waals surface area (Å²) < 4.78 is 0. The molecule has 0 aliphatic heterocycles. The first kappa shape index (κ1) is 17.0. The standard InChI is InChI=1S/C16H24N2O.ClH/c1-17-11-5-8-16(19)18-15(14-9-10-14)12-13-6-3-2-4-7-13;/h2-4,6-7,14-15,17H,5,8-12H2,1H3,(H,18,19);1H. The van der Waals surface area contributed by atoms with Crippen LogP contribution < -0.4 is 10.6 Å². The molecule has 0 aromatic heterocycles. The fourth-order valence-corrected chi connectivity index (χ4v) is 2.41. The van der Waals surface area contributed by atoms with E-state index in [4.69, 9.17) is 0 Å². The average molecular weight is 297 g/mol. The number of carbonyl (C=O) groups is 1. The third kappa shape index (κ3) is 5.93. The minimum absolute atomic E-state index is 0. The molecule has 1 atom stereocenters. The second kappa shape index (κ2) is 8.98. The molecule has 0 saturated heterocycles. The number of rotatable bonds is 8. The lowest BCUT2D eigenvalue weighted by atomic mass is 10.0. The third-order valence-electron chi connectivity index (χ3n) is 3.67. The Hall–Kier alpha value is -1.06. The van der Waals surface area contributed by atoms with E-state index in [0.717, 1.165) is 19.4 Å². The number of halogens is 1. The summed E-state index contributed by atoms with van der Waals surface area (Å²) in [5, 5.41) is 6.29. The van der Waals surface area contributed by atoms with Crippen LogP contribution in [-0.2, 0) is 11.2 Å². The summed E-state index contributed by atoms with van der Waals surface area (Å²) in [6, 6.07) is 10.8. The summed E-state index contributed by atoms with van der Waals surface area (Å²) in [7, 11) is 1.92. The molecule has 3 nitrogen and oxygen atoms in total. The van der Waals surface area contributed by atoms with E-state index in [1.54, 1.807) is 0 Å². The van der Waals surface area contributed by atoms with Crippen molar-refractivity contribution in [3.63, 3.8) is 0 Å².